The second kappa shape index (κ2) is 9.84. The molecule has 2 aliphatic heterocycles. The molecule has 0 spiro atoms. The van der Waals surface area contributed by atoms with Gasteiger partial charge in [0.2, 0.25) is 0 Å². The molecule has 3 amide bonds. The average molecular weight is 433 g/mol. The molecule has 32 heavy (non-hydrogen) atoms. The first kappa shape index (κ1) is 21.8. The van der Waals surface area contributed by atoms with Gasteiger partial charge in [0.15, 0.2) is 0 Å². The number of benzene rings is 1. The molecule has 0 aliphatic carbocycles. The van der Waals surface area contributed by atoms with Gasteiger partial charge in [0.05, 0.1) is 12.6 Å². The smallest absolute Gasteiger partial charge is 0.320 e. The van der Waals surface area contributed by atoms with Crippen LogP contribution in [0.15, 0.2) is 36.4 Å². The van der Waals surface area contributed by atoms with Crippen LogP contribution in [-0.4, -0.2) is 54.2 Å². The maximum atomic E-state index is 13.1. The topological polar surface area (TPSA) is 83.6 Å². The van der Waals surface area contributed by atoms with Crippen LogP contribution in [0.4, 0.5) is 10.6 Å². The van der Waals surface area contributed by atoms with E-state index in [9.17, 15) is 9.59 Å². The fraction of sp³-hybridized carbons (Fsp3) is 0.400. The third-order valence-electron chi connectivity index (χ3n) is 6.14. The van der Waals surface area contributed by atoms with Crippen LogP contribution >= 0.6 is 0 Å². The van der Waals surface area contributed by atoms with Crippen molar-refractivity contribution in [2.75, 3.05) is 31.6 Å². The summed E-state index contributed by atoms with van der Waals surface area (Å²) in [4.78, 5) is 31.6. The Balaban J connectivity index is 1.36. The third kappa shape index (κ3) is 5.09. The lowest BCUT2D eigenvalue weighted by Crippen LogP contribution is -2.39. The van der Waals surface area contributed by atoms with E-state index in [1.165, 1.54) is 5.56 Å². The Morgan fingerprint density at radius 3 is 2.53 bits per heavy atom. The van der Waals surface area contributed by atoms with E-state index in [1.54, 1.807) is 6.07 Å². The summed E-state index contributed by atoms with van der Waals surface area (Å²) in [5.41, 5.74) is 3.27. The summed E-state index contributed by atoms with van der Waals surface area (Å²) in [5.74, 6) is 3.34. The summed E-state index contributed by atoms with van der Waals surface area (Å²) in [6, 6.07) is 11.3. The third-order valence-corrected chi connectivity index (χ3v) is 6.14. The van der Waals surface area contributed by atoms with Crippen LogP contribution in [0.1, 0.15) is 52.4 Å². The molecule has 7 heteroatoms. The number of carbonyl (C=O) groups is 2. The number of aromatic nitrogens is 1. The van der Waals surface area contributed by atoms with E-state index in [0.29, 0.717) is 43.7 Å². The number of hydrogen-bond acceptors (Lipinski definition) is 4. The highest BCUT2D eigenvalue weighted by Crippen LogP contribution is 2.29. The molecular weight excluding hydrogens is 404 g/mol. The number of carbonyl (C=O) groups excluding carboxylic acids is 2. The van der Waals surface area contributed by atoms with Gasteiger partial charge in [-0.2, -0.15) is 0 Å². The van der Waals surface area contributed by atoms with E-state index in [-0.39, 0.29) is 18.0 Å². The minimum atomic E-state index is -0.336. The summed E-state index contributed by atoms with van der Waals surface area (Å²) in [6.07, 6.45) is 8.02. The molecule has 4 rings (SSSR count). The highest BCUT2D eigenvalue weighted by molar-refractivity contribution is 5.94. The average Bonchev–Trinajstić information content (AvgIpc) is 3.33. The number of likely N-dealkylation sites (tertiary alicyclic amines) is 1. The molecule has 0 saturated carbocycles. The van der Waals surface area contributed by atoms with Gasteiger partial charge in [-0.1, -0.05) is 24.1 Å². The first-order valence-electron chi connectivity index (χ1n) is 11.0. The van der Waals surface area contributed by atoms with Crippen molar-refractivity contribution in [2.24, 2.45) is 0 Å². The predicted molar refractivity (Wildman–Crippen MR) is 123 cm³/mol. The Labute approximate surface area is 188 Å². The van der Waals surface area contributed by atoms with Gasteiger partial charge in [0, 0.05) is 25.3 Å². The summed E-state index contributed by atoms with van der Waals surface area (Å²) in [6.45, 7) is 4.36. The van der Waals surface area contributed by atoms with Crippen LogP contribution in [0.25, 0.3) is 0 Å². The number of nitrogens with zero attached hydrogens (tertiary/aromatic N) is 2. The van der Waals surface area contributed by atoms with Crippen molar-refractivity contribution in [2.45, 2.75) is 38.1 Å². The Kier molecular flexibility index (Phi) is 6.72. The van der Waals surface area contributed by atoms with Crippen molar-refractivity contribution in [3.8, 4) is 12.3 Å². The number of pyridine rings is 1. The van der Waals surface area contributed by atoms with E-state index in [1.807, 2.05) is 30.0 Å². The zero-order valence-corrected chi connectivity index (χ0v) is 18.3. The van der Waals surface area contributed by atoms with E-state index in [2.05, 4.69) is 33.7 Å². The van der Waals surface area contributed by atoms with E-state index in [4.69, 9.17) is 11.2 Å². The molecule has 1 aromatic heterocycles. The van der Waals surface area contributed by atoms with Crippen molar-refractivity contribution >= 4 is 17.8 Å². The Morgan fingerprint density at radius 1 is 1.12 bits per heavy atom. The van der Waals surface area contributed by atoms with Gasteiger partial charge in [0.25, 0.3) is 5.91 Å². The Morgan fingerprint density at radius 2 is 1.88 bits per heavy atom. The molecule has 0 radical (unpaired) electrons. The van der Waals surface area contributed by atoms with Crippen LogP contribution in [-0.2, 0) is 4.74 Å². The molecule has 2 fully saturated rings. The number of aryl methyl sites for hydroxylation is 1. The monoisotopic (exact) mass is 432 g/mol. The highest BCUT2D eigenvalue weighted by atomic mass is 16.5. The maximum absolute atomic E-state index is 13.1. The molecule has 2 N–H and O–H groups in total. The molecular formula is C25H28N4O3. The van der Waals surface area contributed by atoms with Crippen molar-refractivity contribution in [1.82, 2.24) is 15.2 Å². The Hall–Kier alpha value is -3.37. The highest BCUT2D eigenvalue weighted by Gasteiger charge is 2.26. The fourth-order valence-corrected chi connectivity index (χ4v) is 4.18. The molecule has 1 unspecified atom stereocenters. The molecule has 0 bridgehead atoms. The molecule has 2 aromatic rings. The summed E-state index contributed by atoms with van der Waals surface area (Å²) < 4.78 is 5.28. The van der Waals surface area contributed by atoms with E-state index >= 15 is 0 Å². The largest absolute Gasteiger partial charge is 0.379 e. The van der Waals surface area contributed by atoms with Gasteiger partial charge in [-0.3, -0.25) is 10.1 Å². The summed E-state index contributed by atoms with van der Waals surface area (Å²) >= 11 is 0. The number of urea groups is 1. The van der Waals surface area contributed by atoms with E-state index in [0.717, 1.165) is 30.4 Å². The van der Waals surface area contributed by atoms with Crippen molar-refractivity contribution < 1.29 is 14.3 Å². The second-order valence-corrected chi connectivity index (χ2v) is 8.35. The van der Waals surface area contributed by atoms with Crippen LogP contribution in [0.5, 0.6) is 0 Å². The van der Waals surface area contributed by atoms with Crippen molar-refractivity contribution in [1.29, 1.82) is 0 Å². The first-order chi connectivity index (χ1) is 15.5. The zero-order chi connectivity index (χ0) is 22.5. The maximum Gasteiger partial charge on any atom is 0.320 e. The van der Waals surface area contributed by atoms with E-state index < -0.39 is 0 Å². The van der Waals surface area contributed by atoms with Crippen molar-refractivity contribution in [3.63, 3.8) is 0 Å². The molecule has 1 aromatic carbocycles. The number of anilines is 1. The normalized spacial score (nSPS) is 18.8. The SMILES string of the molecule is C#Cc1ccc(C2CCN(C(=O)c3ccc(C)c(NC(=O)NC4CCOC4)n3)CC2)cc1. The molecule has 3 heterocycles. The quantitative estimate of drug-likeness (QED) is 0.726. The predicted octanol–water partition coefficient (Wildman–Crippen LogP) is 3.30. The number of rotatable bonds is 4. The first-order valence-corrected chi connectivity index (χ1v) is 11.0. The van der Waals surface area contributed by atoms with Gasteiger partial charge in [-0.15, -0.1) is 6.42 Å². The molecule has 2 saturated heterocycles. The molecule has 166 valence electrons. The Bertz CT molecular complexity index is 1010. The standard InChI is InChI=1S/C25H28N4O3/c1-3-18-5-7-19(8-6-18)20-10-13-29(14-11-20)24(30)22-9-4-17(2)23(27-22)28-25(31)26-21-12-15-32-16-21/h1,4-9,20-21H,10-16H2,2H3,(H2,26,27,28,31). The zero-order valence-electron chi connectivity index (χ0n) is 18.3. The van der Waals surface area contributed by atoms with Crippen LogP contribution in [0.3, 0.4) is 0 Å². The van der Waals surface area contributed by atoms with Gasteiger partial charge >= 0.3 is 6.03 Å². The lowest BCUT2D eigenvalue weighted by Gasteiger charge is -2.32. The molecule has 2 aliphatic rings. The molecule has 7 nitrogen and oxygen atoms in total. The molecule has 1 atom stereocenters. The number of nitrogens with one attached hydrogen (secondary N) is 2. The van der Waals surface area contributed by atoms with Gasteiger partial charge in [0.1, 0.15) is 11.5 Å². The van der Waals surface area contributed by atoms with Crippen LogP contribution in [0, 0.1) is 19.3 Å². The van der Waals surface area contributed by atoms with Gasteiger partial charge < -0.3 is 15.0 Å². The minimum absolute atomic E-state index is 0.00388. The summed E-state index contributed by atoms with van der Waals surface area (Å²) in [5, 5.41) is 5.64. The van der Waals surface area contributed by atoms with Crippen LogP contribution in [0.2, 0.25) is 0 Å². The number of hydrogen-bond donors (Lipinski definition) is 2. The second-order valence-electron chi connectivity index (χ2n) is 8.35. The van der Waals surface area contributed by atoms with Crippen molar-refractivity contribution in [3.05, 3.63) is 58.8 Å². The van der Waals surface area contributed by atoms with Crippen LogP contribution < -0.4 is 10.6 Å². The lowest BCUT2D eigenvalue weighted by atomic mass is 9.89. The van der Waals surface area contributed by atoms with Gasteiger partial charge in [-0.25, -0.2) is 9.78 Å². The fourth-order valence-electron chi connectivity index (χ4n) is 4.18. The lowest BCUT2D eigenvalue weighted by molar-refractivity contribution is 0.0707. The number of amides is 3. The van der Waals surface area contributed by atoms with Gasteiger partial charge in [-0.05, 0) is 61.4 Å². The summed E-state index contributed by atoms with van der Waals surface area (Å²) in [7, 11) is 0. The number of piperidine rings is 1. The number of ether oxygens (including phenoxy) is 1. The minimum Gasteiger partial charge on any atom is -0.379 e. The number of terminal acetylenes is 1.